The van der Waals surface area contributed by atoms with Crippen molar-refractivity contribution < 1.29 is 14.3 Å². The molecule has 3 aromatic rings. The normalized spacial score (nSPS) is 12.5. The number of carbonyl (C=O) groups is 2. The van der Waals surface area contributed by atoms with Gasteiger partial charge in [-0.1, -0.05) is 41.9 Å². The number of amides is 2. The molecule has 0 bridgehead atoms. The number of halogens is 1. The molecule has 6 heteroatoms. The topological polar surface area (TPSA) is 58.6 Å². The average Bonchev–Trinajstić information content (AvgIpc) is 2.96. The van der Waals surface area contributed by atoms with Crippen LogP contribution in [0.1, 0.15) is 15.9 Å². The zero-order valence-electron chi connectivity index (χ0n) is 15.4. The minimum absolute atomic E-state index is 0.0248. The maximum atomic E-state index is 12.7. The average molecular weight is 395 g/mol. The van der Waals surface area contributed by atoms with E-state index in [9.17, 15) is 9.59 Å². The number of anilines is 1. The molecule has 28 heavy (non-hydrogen) atoms. The quantitative estimate of drug-likeness (QED) is 0.644. The summed E-state index contributed by atoms with van der Waals surface area (Å²) in [4.78, 5) is 26.6. The number of hydrogen-bond acceptors (Lipinski definition) is 3. The zero-order valence-corrected chi connectivity index (χ0v) is 16.1. The maximum absolute atomic E-state index is 12.7. The summed E-state index contributed by atoms with van der Waals surface area (Å²) in [5.74, 6) is 0.276. The molecular formula is C22H19ClN2O3. The SMILES string of the molecule is Cc1ccc(OCCNC(=O)CN2C(=O)c3cccc4cccc2c34)cc1Cl. The first-order valence-electron chi connectivity index (χ1n) is 9.04. The van der Waals surface area contributed by atoms with Crippen molar-refractivity contribution in [3.8, 4) is 5.75 Å². The molecule has 5 nitrogen and oxygen atoms in total. The van der Waals surface area contributed by atoms with E-state index in [0.29, 0.717) is 29.5 Å². The van der Waals surface area contributed by atoms with Crippen LogP contribution in [-0.4, -0.2) is 31.5 Å². The Kier molecular flexibility index (Phi) is 4.92. The Hall–Kier alpha value is -3.05. The summed E-state index contributed by atoms with van der Waals surface area (Å²) >= 11 is 6.07. The van der Waals surface area contributed by atoms with Gasteiger partial charge in [0.25, 0.3) is 5.91 Å². The van der Waals surface area contributed by atoms with Gasteiger partial charge in [-0.05, 0) is 42.1 Å². The third kappa shape index (κ3) is 3.41. The lowest BCUT2D eigenvalue weighted by Gasteiger charge is -2.17. The van der Waals surface area contributed by atoms with Crippen LogP contribution in [0.2, 0.25) is 5.02 Å². The summed E-state index contributed by atoms with van der Waals surface area (Å²) < 4.78 is 5.60. The fraction of sp³-hybridized carbons (Fsp3) is 0.182. The fourth-order valence-electron chi connectivity index (χ4n) is 3.36. The molecule has 0 radical (unpaired) electrons. The highest BCUT2D eigenvalue weighted by Gasteiger charge is 2.30. The van der Waals surface area contributed by atoms with Crippen molar-refractivity contribution in [1.29, 1.82) is 0 Å². The van der Waals surface area contributed by atoms with Crippen LogP contribution in [0.5, 0.6) is 5.75 Å². The number of nitrogens with zero attached hydrogens (tertiary/aromatic N) is 1. The molecule has 1 N–H and O–H groups in total. The number of nitrogens with one attached hydrogen (secondary N) is 1. The highest BCUT2D eigenvalue weighted by molar-refractivity contribution is 6.31. The number of aryl methyl sites for hydroxylation is 1. The van der Waals surface area contributed by atoms with E-state index in [1.54, 1.807) is 12.1 Å². The van der Waals surface area contributed by atoms with Crippen molar-refractivity contribution in [3.63, 3.8) is 0 Å². The van der Waals surface area contributed by atoms with Gasteiger partial charge in [-0.25, -0.2) is 0 Å². The molecule has 1 aliphatic heterocycles. The molecule has 0 unspecified atom stereocenters. The molecule has 1 aliphatic rings. The number of hydrogen-bond donors (Lipinski definition) is 1. The van der Waals surface area contributed by atoms with Crippen molar-refractivity contribution in [3.05, 3.63) is 70.7 Å². The van der Waals surface area contributed by atoms with E-state index < -0.39 is 0 Å². The largest absolute Gasteiger partial charge is 0.492 e. The second kappa shape index (κ2) is 7.52. The van der Waals surface area contributed by atoms with E-state index in [1.165, 1.54) is 4.90 Å². The molecule has 0 saturated heterocycles. The first-order valence-corrected chi connectivity index (χ1v) is 9.41. The van der Waals surface area contributed by atoms with Crippen LogP contribution >= 0.6 is 11.6 Å². The van der Waals surface area contributed by atoms with Crippen molar-refractivity contribution in [2.75, 3.05) is 24.6 Å². The first kappa shape index (κ1) is 18.3. The van der Waals surface area contributed by atoms with Gasteiger partial charge in [0.2, 0.25) is 5.91 Å². The van der Waals surface area contributed by atoms with Crippen LogP contribution in [0.25, 0.3) is 10.8 Å². The Bertz CT molecular complexity index is 1080. The number of benzene rings is 3. The molecule has 1 heterocycles. The molecule has 0 spiro atoms. The second-order valence-corrected chi connectivity index (χ2v) is 7.09. The highest BCUT2D eigenvalue weighted by Crippen LogP contribution is 2.36. The molecule has 0 aliphatic carbocycles. The summed E-state index contributed by atoms with van der Waals surface area (Å²) in [6.45, 7) is 2.55. The van der Waals surface area contributed by atoms with Crippen LogP contribution in [0.4, 0.5) is 5.69 Å². The Labute approximate surface area is 167 Å². The van der Waals surface area contributed by atoms with Crippen LogP contribution in [0, 0.1) is 6.92 Å². The zero-order chi connectivity index (χ0) is 19.7. The fourth-order valence-corrected chi connectivity index (χ4v) is 3.53. The first-order chi connectivity index (χ1) is 13.5. The molecule has 4 rings (SSSR count). The monoisotopic (exact) mass is 394 g/mol. The third-order valence-electron chi connectivity index (χ3n) is 4.79. The summed E-state index contributed by atoms with van der Waals surface area (Å²) in [6, 6.07) is 16.8. The van der Waals surface area contributed by atoms with Gasteiger partial charge < -0.3 is 10.1 Å². The van der Waals surface area contributed by atoms with Gasteiger partial charge in [-0.3, -0.25) is 14.5 Å². The Morgan fingerprint density at radius 1 is 1.14 bits per heavy atom. The molecule has 3 aromatic carbocycles. The van der Waals surface area contributed by atoms with Gasteiger partial charge >= 0.3 is 0 Å². The predicted molar refractivity (Wildman–Crippen MR) is 110 cm³/mol. The van der Waals surface area contributed by atoms with Gasteiger partial charge in [-0.15, -0.1) is 0 Å². The van der Waals surface area contributed by atoms with E-state index in [0.717, 1.165) is 22.0 Å². The lowest BCUT2D eigenvalue weighted by atomic mass is 10.1. The van der Waals surface area contributed by atoms with E-state index in [1.807, 2.05) is 49.4 Å². The van der Waals surface area contributed by atoms with Gasteiger partial charge in [-0.2, -0.15) is 0 Å². The highest BCUT2D eigenvalue weighted by atomic mass is 35.5. The Morgan fingerprint density at radius 2 is 1.93 bits per heavy atom. The van der Waals surface area contributed by atoms with Crippen LogP contribution in [0.3, 0.4) is 0 Å². The van der Waals surface area contributed by atoms with E-state index >= 15 is 0 Å². The summed E-state index contributed by atoms with van der Waals surface area (Å²) in [5, 5.41) is 5.34. The minimum atomic E-state index is -0.233. The van der Waals surface area contributed by atoms with E-state index in [-0.39, 0.29) is 18.4 Å². The summed E-state index contributed by atoms with van der Waals surface area (Å²) in [7, 11) is 0. The van der Waals surface area contributed by atoms with E-state index in [4.69, 9.17) is 16.3 Å². The van der Waals surface area contributed by atoms with Crippen LogP contribution in [0.15, 0.2) is 54.6 Å². The number of carbonyl (C=O) groups excluding carboxylic acids is 2. The van der Waals surface area contributed by atoms with Crippen LogP contribution < -0.4 is 15.0 Å². The van der Waals surface area contributed by atoms with Gasteiger partial charge in [0.05, 0.1) is 12.2 Å². The van der Waals surface area contributed by atoms with Crippen molar-refractivity contribution in [2.45, 2.75) is 6.92 Å². The van der Waals surface area contributed by atoms with Gasteiger partial charge in [0.15, 0.2) is 0 Å². The standard InChI is InChI=1S/C22H19ClN2O3/c1-14-8-9-16(12-18(14)23)28-11-10-24-20(26)13-25-19-7-3-5-15-4-2-6-17(21(15)19)22(25)27/h2-9,12H,10-11,13H2,1H3,(H,24,26). The van der Waals surface area contributed by atoms with Crippen molar-refractivity contribution in [1.82, 2.24) is 5.32 Å². The molecule has 142 valence electrons. The van der Waals surface area contributed by atoms with Crippen molar-refractivity contribution in [2.24, 2.45) is 0 Å². The third-order valence-corrected chi connectivity index (χ3v) is 5.19. The lowest BCUT2D eigenvalue weighted by Crippen LogP contribution is -2.40. The minimum Gasteiger partial charge on any atom is -0.492 e. The number of rotatable bonds is 6. The molecule has 0 atom stereocenters. The molecular weight excluding hydrogens is 376 g/mol. The lowest BCUT2D eigenvalue weighted by molar-refractivity contribution is -0.119. The molecule has 0 saturated carbocycles. The molecule has 0 aromatic heterocycles. The number of ether oxygens (including phenoxy) is 1. The summed E-state index contributed by atoms with van der Waals surface area (Å²) in [6.07, 6.45) is 0. The van der Waals surface area contributed by atoms with Crippen molar-refractivity contribution >= 4 is 39.9 Å². The molecule has 0 fully saturated rings. The summed E-state index contributed by atoms with van der Waals surface area (Å²) in [5.41, 5.74) is 2.40. The maximum Gasteiger partial charge on any atom is 0.259 e. The Morgan fingerprint density at radius 3 is 2.71 bits per heavy atom. The van der Waals surface area contributed by atoms with Gasteiger partial charge in [0.1, 0.15) is 18.9 Å². The Balaban J connectivity index is 1.34. The van der Waals surface area contributed by atoms with Crippen LogP contribution in [-0.2, 0) is 4.79 Å². The van der Waals surface area contributed by atoms with E-state index in [2.05, 4.69) is 5.32 Å². The smallest absolute Gasteiger partial charge is 0.259 e. The van der Waals surface area contributed by atoms with Gasteiger partial charge in [0, 0.05) is 16.0 Å². The molecule has 2 amide bonds. The predicted octanol–water partition coefficient (Wildman–Crippen LogP) is 3.96. The second-order valence-electron chi connectivity index (χ2n) is 6.68.